The molecule has 7 heteroatoms. The van der Waals surface area contributed by atoms with Crippen LogP contribution in [0.4, 0.5) is 0 Å². The number of rotatable bonds is 6. The number of fused-ring (bicyclic) bond motifs is 1. The normalized spacial score (nSPS) is 18.5. The second-order valence-electron chi connectivity index (χ2n) is 9.98. The maximum Gasteiger partial charge on any atom is 0.243 e. The van der Waals surface area contributed by atoms with Crippen LogP contribution in [0.3, 0.4) is 0 Å². The van der Waals surface area contributed by atoms with Crippen molar-refractivity contribution in [3.05, 3.63) is 46.4 Å². The molecule has 0 aliphatic heterocycles. The van der Waals surface area contributed by atoms with E-state index in [0.29, 0.717) is 10.0 Å². The first-order valence-electron chi connectivity index (χ1n) is 12.9. The lowest BCUT2D eigenvalue weighted by atomic mass is 9.82. The van der Waals surface area contributed by atoms with Crippen LogP contribution in [0.25, 0.3) is 22.4 Å². The van der Waals surface area contributed by atoms with E-state index in [-0.39, 0.29) is 23.9 Å². The molecule has 1 heterocycles. The first-order chi connectivity index (χ1) is 17.0. The maximum absolute atomic E-state index is 14.1. The first-order valence-corrected chi connectivity index (χ1v) is 13.6. The van der Waals surface area contributed by atoms with Gasteiger partial charge in [-0.05, 0) is 61.9 Å². The smallest absolute Gasteiger partial charge is 0.243 e. The zero-order valence-corrected chi connectivity index (χ0v) is 21.7. The zero-order chi connectivity index (χ0) is 24.4. The van der Waals surface area contributed by atoms with Gasteiger partial charge in [0.05, 0.1) is 28.2 Å². The number of benzene rings is 2. The minimum Gasteiger partial charge on any atom is -0.497 e. The van der Waals surface area contributed by atoms with E-state index < -0.39 is 0 Å². The van der Waals surface area contributed by atoms with Crippen molar-refractivity contribution in [2.75, 3.05) is 7.11 Å². The van der Waals surface area contributed by atoms with E-state index in [0.717, 1.165) is 66.7 Å². The summed E-state index contributed by atoms with van der Waals surface area (Å²) in [4.78, 5) is 19.1. The highest BCUT2D eigenvalue weighted by atomic mass is 35.5. The van der Waals surface area contributed by atoms with Gasteiger partial charge in [-0.15, -0.1) is 0 Å². The fourth-order valence-electron chi connectivity index (χ4n) is 5.85. The lowest BCUT2D eigenvalue weighted by Crippen LogP contribution is -2.43. The third-order valence-electron chi connectivity index (χ3n) is 7.67. The molecule has 1 aromatic heterocycles. The zero-order valence-electron chi connectivity index (χ0n) is 20.2. The van der Waals surface area contributed by atoms with E-state index in [1.165, 1.54) is 25.7 Å². The van der Waals surface area contributed by atoms with Crippen molar-refractivity contribution in [3.8, 4) is 17.1 Å². The SMILES string of the molecule is COc1ccc2nc(-c3ccc(Cl)c(Cl)c3)n(C(C(=O)NC3CCCCC3)C3CCCCC3)c2c1. The van der Waals surface area contributed by atoms with E-state index in [1.807, 2.05) is 30.3 Å². The van der Waals surface area contributed by atoms with Gasteiger partial charge in [0, 0.05) is 17.7 Å². The van der Waals surface area contributed by atoms with Gasteiger partial charge in [0.15, 0.2) is 0 Å². The molecule has 0 bridgehead atoms. The van der Waals surface area contributed by atoms with Crippen LogP contribution in [-0.2, 0) is 4.79 Å². The number of carbonyl (C=O) groups is 1. The molecule has 35 heavy (non-hydrogen) atoms. The summed E-state index contributed by atoms with van der Waals surface area (Å²) in [6, 6.07) is 11.3. The van der Waals surface area contributed by atoms with Crippen molar-refractivity contribution < 1.29 is 9.53 Å². The van der Waals surface area contributed by atoms with E-state index in [9.17, 15) is 4.79 Å². The lowest BCUT2D eigenvalue weighted by Gasteiger charge is -2.33. The van der Waals surface area contributed by atoms with Gasteiger partial charge in [-0.25, -0.2) is 4.98 Å². The second kappa shape index (κ2) is 10.8. The largest absolute Gasteiger partial charge is 0.497 e. The Morgan fingerprint density at radius 2 is 1.69 bits per heavy atom. The number of carbonyl (C=O) groups excluding carboxylic acids is 1. The minimum absolute atomic E-state index is 0.104. The molecule has 0 saturated heterocycles. The molecule has 2 fully saturated rings. The molecule has 5 rings (SSSR count). The molecule has 186 valence electrons. The monoisotopic (exact) mass is 513 g/mol. The van der Waals surface area contributed by atoms with Gasteiger partial charge in [0.2, 0.25) is 5.91 Å². The molecule has 2 saturated carbocycles. The third-order valence-corrected chi connectivity index (χ3v) is 8.41. The summed E-state index contributed by atoms with van der Waals surface area (Å²) in [5.41, 5.74) is 2.58. The Morgan fingerprint density at radius 1 is 0.971 bits per heavy atom. The fraction of sp³-hybridized carbons (Fsp3) is 0.500. The Bertz CT molecular complexity index is 1200. The highest BCUT2D eigenvalue weighted by molar-refractivity contribution is 6.42. The first kappa shape index (κ1) is 24.5. The number of hydrogen-bond acceptors (Lipinski definition) is 3. The number of amides is 1. The predicted molar refractivity (Wildman–Crippen MR) is 142 cm³/mol. The molecule has 2 aromatic carbocycles. The molecule has 0 radical (unpaired) electrons. The van der Waals surface area contributed by atoms with Gasteiger partial charge in [0.1, 0.15) is 17.6 Å². The van der Waals surface area contributed by atoms with Crippen molar-refractivity contribution >= 4 is 40.1 Å². The highest BCUT2D eigenvalue weighted by Crippen LogP contribution is 2.40. The predicted octanol–water partition coefficient (Wildman–Crippen LogP) is 7.59. The van der Waals surface area contributed by atoms with E-state index in [2.05, 4.69) is 9.88 Å². The van der Waals surface area contributed by atoms with Crippen LogP contribution in [-0.4, -0.2) is 28.6 Å². The van der Waals surface area contributed by atoms with Gasteiger partial charge >= 0.3 is 0 Å². The van der Waals surface area contributed by atoms with Crippen molar-refractivity contribution in [3.63, 3.8) is 0 Å². The number of ether oxygens (including phenoxy) is 1. The second-order valence-corrected chi connectivity index (χ2v) is 10.8. The summed E-state index contributed by atoms with van der Waals surface area (Å²) in [5, 5.41) is 4.40. The molecule has 1 amide bonds. The molecule has 1 unspecified atom stereocenters. The molecular weight excluding hydrogens is 481 g/mol. The summed E-state index contributed by atoms with van der Waals surface area (Å²) in [6.07, 6.45) is 11.3. The number of imidazole rings is 1. The average molecular weight is 514 g/mol. The van der Waals surface area contributed by atoms with Crippen molar-refractivity contribution in [1.82, 2.24) is 14.9 Å². The van der Waals surface area contributed by atoms with E-state index in [1.54, 1.807) is 13.2 Å². The summed E-state index contributed by atoms with van der Waals surface area (Å²) >= 11 is 12.6. The minimum atomic E-state index is -0.348. The van der Waals surface area contributed by atoms with Crippen LogP contribution in [0.2, 0.25) is 10.0 Å². The Labute approximate surface area is 217 Å². The molecule has 5 nitrogen and oxygen atoms in total. The summed E-state index contributed by atoms with van der Waals surface area (Å²) in [7, 11) is 1.66. The van der Waals surface area contributed by atoms with Gasteiger partial charge in [-0.2, -0.15) is 0 Å². The van der Waals surface area contributed by atoms with Crippen LogP contribution in [0.15, 0.2) is 36.4 Å². The van der Waals surface area contributed by atoms with Crippen LogP contribution in [0, 0.1) is 5.92 Å². The van der Waals surface area contributed by atoms with Crippen molar-refractivity contribution in [1.29, 1.82) is 0 Å². The summed E-state index contributed by atoms with van der Waals surface area (Å²) < 4.78 is 7.70. The fourth-order valence-corrected chi connectivity index (χ4v) is 6.14. The molecule has 3 aromatic rings. The van der Waals surface area contributed by atoms with Crippen molar-refractivity contribution in [2.45, 2.75) is 76.3 Å². The Hall–Kier alpha value is -2.24. The molecule has 1 atom stereocenters. The van der Waals surface area contributed by atoms with Crippen LogP contribution >= 0.6 is 23.2 Å². The van der Waals surface area contributed by atoms with Crippen LogP contribution < -0.4 is 10.1 Å². The number of methoxy groups -OCH3 is 1. The third kappa shape index (κ3) is 5.17. The Kier molecular flexibility index (Phi) is 7.54. The quantitative estimate of drug-likeness (QED) is 0.369. The average Bonchev–Trinajstić information content (AvgIpc) is 3.25. The van der Waals surface area contributed by atoms with Gasteiger partial charge in [-0.1, -0.05) is 61.7 Å². The van der Waals surface area contributed by atoms with Crippen molar-refractivity contribution in [2.24, 2.45) is 5.92 Å². The maximum atomic E-state index is 14.1. The lowest BCUT2D eigenvalue weighted by molar-refractivity contribution is -0.127. The molecule has 0 spiro atoms. The number of nitrogens with zero attached hydrogens (tertiary/aromatic N) is 2. The molecule has 2 aliphatic carbocycles. The number of nitrogens with one attached hydrogen (secondary N) is 1. The Morgan fingerprint density at radius 3 is 2.37 bits per heavy atom. The topological polar surface area (TPSA) is 56.2 Å². The van der Waals surface area contributed by atoms with E-state index >= 15 is 0 Å². The van der Waals surface area contributed by atoms with Gasteiger partial charge in [-0.3, -0.25) is 4.79 Å². The number of halogens is 2. The number of hydrogen-bond donors (Lipinski definition) is 1. The molecular formula is C28H33Cl2N3O2. The summed E-state index contributed by atoms with van der Waals surface area (Å²) in [6.45, 7) is 0. The van der Waals surface area contributed by atoms with Crippen LogP contribution in [0.5, 0.6) is 5.75 Å². The van der Waals surface area contributed by atoms with E-state index in [4.69, 9.17) is 32.9 Å². The standard InChI is InChI=1S/C28H33Cl2N3O2/c1-35-21-13-15-24-25(17-21)33(27(32-24)19-12-14-22(29)23(30)16-19)26(18-8-4-2-5-9-18)28(34)31-20-10-6-3-7-11-20/h12-18,20,26H,2-11H2,1H3,(H,31,34). The molecule has 1 N–H and O–H groups in total. The molecule has 2 aliphatic rings. The van der Waals surface area contributed by atoms with Gasteiger partial charge < -0.3 is 14.6 Å². The van der Waals surface area contributed by atoms with Crippen LogP contribution in [0.1, 0.15) is 70.3 Å². The van der Waals surface area contributed by atoms with Gasteiger partial charge in [0.25, 0.3) is 0 Å². The Balaban J connectivity index is 1.66. The highest BCUT2D eigenvalue weighted by Gasteiger charge is 2.35. The number of aromatic nitrogens is 2. The summed E-state index contributed by atoms with van der Waals surface area (Å²) in [5.74, 6) is 1.83.